The molecule has 0 aromatic rings. The molecule has 3 heterocycles. The molecule has 3 rings (SSSR count). The third-order valence-electron chi connectivity index (χ3n) is 14.3. The zero-order valence-corrected chi connectivity index (χ0v) is 41.7. The van der Waals surface area contributed by atoms with Crippen molar-refractivity contribution >= 4 is 11.8 Å². The fourth-order valence-electron chi connectivity index (χ4n) is 11.0. The first-order valence-electron chi connectivity index (χ1n) is 26.0. The van der Waals surface area contributed by atoms with Gasteiger partial charge in [0, 0.05) is 47.1 Å². The van der Waals surface area contributed by atoms with Gasteiger partial charge in [-0.2, -0.15) is 0 Å². The van der Waals surface area contributed by atoms with Gasteiger partial charge in [-0.25, -0.2) is 0 Å². The average Bonchev–Trinajstić information content (AvgIpc) is 3.43. The lowest BCUT2D eigenvalue weighted by molar-refractivity contribution is -0.146. The van der Waals surface area contributed by atoms with E-state index in [9.17, 15) is 9.59 Å². The summed E-state index contributed by atoms with van der Waals surface area (Å²) in [6, 6.07) is 0.0453. The predicted octanol–water partition coefficient (Wildman–Crippen LogP) is 14.9. The topological polar surface area (TPSA) is 61.9 Å². The molecular formula is C53H103N3O3. The van der Waals surface area contributed by atoms with Crippen molar-refractivity contribution in [3.8, 4) is 0 Å². The average molecular weight is 830 g/mol. The van der Waals surface area contributed by atoms with E-state index < -0.39 is 0 Å². The highest BCUT2D eigenvalue weighted by molar-refractivity contribution is 6.03. The van der Waals surface area contributed by atoms with Crippen molar-refractivity contribution in [2.24, 2.45) is 5.92 Å². The van der Waals surface area contributed by atoms with Crippen LogP contribution < -0.4 is 5.32 Å². The highest BCUT2D eigenvalue weighted by Gasteiger charge is 2.50. The number of unbranched alkanes of at least 4 members (excludes halogenated alkanes) is 24. The number of nitrogens with zero attached hydrogens (tertiary/aromatic N) is 2. The lowest BCUT2D eigenvalue weighted by atomic mass is 9.77. The number of amides is 2. The first kappa shape index (κ1) is 54.2. The van der Waals surface area contributed by atoms with Crippen LogP contribution in [0.1, 0.15) is 275 Å². The zero-order chi connectivity index (χ0) is 43.8. The van der Waals surface area contributed by atoms with Gasteiger partial charge in [0.1, 0.15) is 0 Å². The van der Waals surface area contributed by atoms with Gasteiger partial charge in [0.2, 0.25) is 11.8 Å². The Kier molecular flexibility index (Phi) is 26.3. The molecule has 0 aromatic carbocycles. The lowest BCUT2D eigenvalue weighted by Crippen LogP contribution is -2.63. The highest BCUT2D eigenvalue weighted by Crippen LogP contribution is 2.41. The number of carbonyl (C=O) groups excluding carboxylic acids is 2. The fourth-order valence-corrected chi connectivity index (χ4v) is 11.0. The van der Waals surface area contributed by atoms with Gasteiger partial charge in [-0.3, -0.25) is 19.4 Å². The predicted molar refractivity (Wildman–Crippen MR) is 255 cm³/mol. The maximum absolute atomic E-state index is 13.1. The Balaban J connectivity index is 0.000000407. The van der Waals surface area contributed by atoms with Crippen molar-refractivity contribution in [3.05, 3.63) is 0 Å². The fraction of sp³-hybridized carbons (Fsp3) is 0.962. The van der Waals surface area contributed by atoms with E-state index in [2.05, 4.69) is 86.5 Å². The summed E-state index contributed by atoms with van der Waals surface area (Å²) in [6.45, 7) is 23.6. The Bertz CT molecular complexity index is 1080. The van der Waals surface area contributed by atoms with Crippen LogP contribution in [-0.2, 0) is 14.3 Å². The minimum Gasteiger partial charge on any atom is -0.378 e. The standard InChI is InChI=1S/C27H55NO.C26H48N2O2/c1-6-7-8-9-10-11-12-13-14-15-16-17-18-19-20-21-22-29-25-23-26(2,3)28-27(4,5)24-25;1-7-8-9-10-11-12-13-14-15-16-17-21-18-23(29)28(24(21)30)22-19-25(2,3)27(6)26(4,5)20-22/h25,28H,6-24H2,1-5H3;21-22H,7-20H2,1-6H3. The van der Waals surface area contributed by atoms with Crippen molar-refractivity contribution in [3.63, 3.8) is 0 Å². The normalized spacial score (nSPS) is 21.9. The van der Waals surface area contributed by atoms with Crippen LogP contribution in [0, 0.1) is 5.92 Å². The van der Waals surface area contributed by atoms with Crippen molar-refractivity contribution < 1.29 is 14.3 Å². The maximum atomic E-state index is 13.1. The Morgan fingerprint density at radius 2 is 0.881 bits per heavy atom. The molecule has 0 bridgehead atoms. The summed E-state index contributed by atoms with van der Waals surface area (Å²) in [4.78, 5) is 29.9. The summed E-state index contributed by atoms with van der Waals surface area (Å²) in [5, 5.41) is 3.74. The molecular weight excluding hydrogens is 727 g/mol. The van der Waals surface area contributed by atoms with Crippen LogP contribution in [0.25, 0.3) is 0 Å². The second-order valence-corrected chi connectivity index (χ2v) is 22.3. The van der Waals surface area contributed by atoms with E-state index in [4.69, 9.17) is 4.74 Å². The molecule has 1 atom stereocenters. The number of nitrogens with one attached hydrogen (secondary N) is 1. The van der Waals surface area contributed by atoms with Gasteiger partial charge in [-0.1, -0.05) is 174 Å². The van der Waals surface area contributed by atoms with Crippen LogP contribution in [0.4, 0.5) is 0 Å². The van der Waals surface area contributed by atoms with Gasteiger partial charge >= 0.3 is 0 Å². The van der Waals surface area contributed by atoms with Crippen LogP contribution in [-0.4, -0.2) is 69.6 Å². The molecule has 3 aliphatic rings. The molecule has 0 aliphatic carbocycles. The molecule has 59 heavy (non-hydrogen) atoms. The Morgan fingerprint density at radius 1 is 0.525 bits per heavy atom. The van der Waals surface area contributed by atoms with Crippen molar-refractivity contribution in [2.75, 3.05) is 13.7 Å². The van der Waals surface area contributed by atoms with Crippen LogP contribution in [0.15, 0.2) is 0 Å². The molecule has 6 nitrogen and oxygen atoms in total. The summed E-state index contributed by atoms with van der Waals surface area (Å²) in [5.41, 5.74) is 0.366. The van der Waals surface area contributed by atoms with Gasteiger partial charge in [-0.05, 0) is 101 Å². The molecule has 348 valence electrons. The molecule has 0 radical (unpaired) electrons. The van der Waals surface area contributed by atoms with E-state index >= 15 is 0 Å². The van der Waals surface area contributed by atoms with Crippen molar-refractivity contribution in [2.45, 2.75) is 309 Å². The largest absolute Gasteiger partial charge is 0.378 e. The molecule has 2 amide bonds. The zero-order valence-electron chi connectivity index (χ0n) is 41.7. The first-order valence-corrected chi connectivity index (χ1v) is 26.0. The number of piperidine rings is 2. The quantitative estimate of drug-likeness (QED) is 0.0577. The number of carbonyl (C=O) groups is 2. The molecule has 0 saturated carbocycles. The molecule has 3 fully saturated rings. The smallest absolute Gasteiger partial charge is 0.233 e. The van der Waals surface area contributed by atoms with E-state index in [-0.39, 0.29) is 45.9 Å². The molecule has 1 unspecified atom stereocenters. The number of hydrogen-bond acceptors (Lipinski definition) is 5. The van der Waals surface area contributed by atoms with E-state index in [0.717, 1.165) is 45.1 Å². The summed E-state index contributed by atoms with van der Waals surface area (Å²) >= 11 is 0. The number of hydrogen-bond donors (Lipinski definition) is 1. The highest BCUT2D eigenvalue weighted by atomic mass is 16.5. The molecule has 0 aromatic heterocycles. The number of rotatable bonds is 30. The van der Waals surface area contributed by atoms with E-state index in [0.29, 0.717) is 12.5 Å². The number of imide groups is 1. The van der Waals surface area contributed by atoms with Gasteiger partial charge in [0.25, 0.3) is 0 Å². The molecule has 1 N–H and O–H groups in total. The third-order valence-corrected chi connectivity index (χ3v) is 14.3. The summed E-state index contributed by atoms with van der Waals surface area (Å²) < 4.78 is 6.23. The minimum atomic E-state index is -0.0718. The van der Waals surface area contributed by atoms with Gasteiger partial charge in [-0.15, -0.1) is 0 Å². The minimum absolute atomic E-state index is 0.0123. The second-order valence-electron chi connectivity index (χ2n) is 22.3. The number of likely N-dealkylation sites (tertiary alicyclic amines) is 2. The molecule has 3 saturated heterocycles. The van der Waals surface area contributed by atoms with Gasteiger partial charge in [0.15, 0.2) is 0 Å². The van der Waals surface area contributed by atoms with Crippen LogP contribution >= 0.6 is 0 Å². The molecule has 0 spiro atoms. The van der Waals surface area contributed by atoms with Crippen LogP contribution in [0.5, 0.6) is 0 Å². The van der Waals surface area contributed by atoms with E-state index in [1.54, 1.807) is 4.90 Å². The Hall–Kier alpha value is -0.980. The SMILES string of the molecule is CCCCCCCCCCCCC1CC(=O)N(C2CC(C)(C)N(C)C(C)(C)C2)C1=O.CCCCCCCCCCCCCCCCCCOC1CC(C)(C)NC(C)(C)C1. The Labute approximate surface area is 368 Å². The van der Waals surface area contributed by atoms with Gasteiger partial charge in [0.05, 0.1) is 6.10 Å². The molecule has 3 aliphatic heterocycles. The monoisotopic (exact) mass is 830 g/mol. The number of ether oxygens (including phenoxy) is 1. The van der Waals surface area contributed by atoms with E-state index in [1.165, 1.54) is 161 Å². The Morgan fingerprint density at radius 3 is 1.27 bits per heavy atom. The van der Waals surface area contributed by atoms with Crippen LogP contribution in [0.2, 0.25) is 0 Å². The lowest BCUT2D eigenvalue weighted by Gasteiger charge is -2.54. The van der Waals surface area contributed by atoms with Crippen molar-refractivity contribution in [1.82, 2.24) is 15.1 Å². The third kappa shape index (κ3) is 22.3. The van der Waals surface area contributed by atoms with Gasteiger partial charge < -0.3 is 10.1 Å². The maximum Gasteiger partial charge on any atom is 0.233 e. The van der Waals surface area contributed by atoms with E-state index in [1.807, 2.05) is 0 Å². The van der Waals surface area contributed by atoms with Crippen molar-refractivity contribution in [1.29, 1.82) is 0 Å². The summed E-state index contributed by atoms with van der Waals surface area (Å²) in [6.07, 6.45) is 41.6. The summed E-state index contributed by atoms with van der Waals surface area (Å²) in [5.74, 6) is 0.104. The molecule has 6 heteroatoms. The second kappa shape index (κ2) is 28.7. The first-order chi connectivity index (χ1) is 27.9. The summed E-state index contributed by atoms with van der Waals surface area (Å²) in [7, 11) is 2.16. The van der Waals surface area contributed by atoms with Crippen LogP contribution in [0.3, 0.4) is 0 Å².